The van der Waals surface area contributed by atoms with Crippen molar-refractivity contribution in [3.63, 3.8) is 0 Å². The SMILES string of the molecule is N#CCCC(OCCCC(F)(F)C(F)(F)F)OCCCC(F)(F)C(F)(F)F. The summed E-state index contributed by atoms with van der Waals surface area (Å²) in [5, 5.41) is 8.44. The lowest BCUT2D eigenvalue weighted by Crippen LogP contribution is -2.36. The zero-order chi connectivity index (χ0) is 21.4. The van der Waals surface area contributed by atoms with Crippen molar-refractivity contribution in [2.75, 3.05) is 13.2 Å². The molecule has 0 fully saturated rings. The standard InChI is InChI=1S/C14H17F10NO2/c15-11(16,13(19,20)21)5-2-8-26-10(4-1-7-25)27-9-3-6-12(17,18)14(22,23)24/h10H,1-6,8-9H2. The molecule has 3 nitrogen and oxygen atoms in total. The molecule has 0 rings (SSSR count). The van der Waals surface area contributed by atoms with Crippen LogP contribution in [0, 0.1) is 11.3 Å². The Labute approximate surface area is 148 Å². The second-order valence-electron chi connectivity index (χ2n) is 5.48. The van der Waals surface area contributed by atoms with Crippen molar-refractivity contribution in [1.82, 2.24) is 0 Å². The molecule has 13 heteroatoms. The first kappa shape index (κ1) is 25.7. The highest BCUT2D eigenvalue weighted by Crippen LogP contribution is 2.39. The fraction of sp³-hybridized carbons (Fsp3) is 0.929. The zero-order valence-corrected chi connectivity index (χ0v) is 13.8. The number of alkyl halides is 10. The van der Waals surface area contributed by atoms with E-state index in [-0.39, 0.29) is 12.8 Å². The van der Waals surface area contributed by atoms with Gasteiger partial charge in [0.05, 0.1) is 6.07 Å². The molecule has 0 aromatic heterocycles. The number of halogens is 10. The Kier molecular flexibility index (Phi) is 9.82. The molecule has 0 bridgehead atoms. The van der Waals surface area contributed by atoms with Crippen LogP contribution < -0.4 is 0 Å². The van der Waals surface area contributed by atoms with Gasteiger partial charge >= 0.3 is 24.2 Å². The van der Waals surface area contributed by atoms with Crippen molar-refractivity contribution >= 4 is 0 Å². The van der Waals surface area contributed by atoms with E-state index in [1.807, 2.05) is 0 Å². The van der Waals surface area contributed by atoms with Gasteiger partial charge in [0.2, 0.25) is 0 Å². The third-order valence-corrected chi connectivity index (χ3v) is 3.20. The molecule has 0 aliphatic rings. The Bertz CT molecular complexity index is 436. The number of hydrogen-bond acceptors (Lipinski definition) is 3. The number of hydrogen-bond donors (Lipinski definition) is 0. The smallest absolute Gasteiger partial charge is 0.353 e. The maximum atomic E-state index is 12.7. The van der Waals surface area contributed by atoms with Crippen LogP contribution in [0.4, 0.5) is 43.9 Å². The number of nitriles is 1. The topological polar surface area (TPSA) is 42.2 Å². The molecule has 0 saturated heterocycles. The van der Waals surface area contributed by atoms with Crippen LogP contribution in [-0.4, -0.2) is 43.7 Å². The molecule has 0 radical (unpaired) electrons. The van der Waals surface area contributed by atoms with Crippen LogP contribution >= 0.6 is 0 Å². The van der Waals surface area contributed by atoms with Crippen molar-refractivity contribution in [1.29, 1.82) is 5.26 Å². The maximum absolute atomic E-state index is 12.7. The van der Waals surface area contributed by atoms with Gasteiger partial charge in [0.15, 0.2) is 6.29 Å². The summed E-state index contributed by atoms with van der Waals surface area (Å²) in [6, 6.07) is 1.67. The van der Waals surface area contributed by atoms with Gasteiger partial charge < -0.3 is 9.47 Å². The maximum Gasteiger partial charge on any atom is 0.453 e. The Morgan fingerprint density at radius 3 is 1.37 bits per heavy atom. The van der Waals surface area contributed by atoms with Gasteiger partial charge in [-0.25, -0.2) is 0 Å². The molecule has 0 amide bonds. The summed E-state index contributed by atoms with van der Waals surface area (Å²) in [6.45, 7) is -1.22. The molecule has 27 heavy (non-hydrogen) atoms. The molecular formula is C14H17F10NO2. The van der Waals surface area contributed by atoms with Crippen LogP contribution in [0.2, 0.25) is 0 Å². The lowest BCUT2D eigenvalue weighted by atomic mass is 10.2. The van der Waals surface area contributed by atoms with E-state index in [9.17, 15) is 43.9 Å². The molecule has 0 unspecified atom stereocenters. The summed E-state index contributed by atoms with van der Waals surface area (Å²) in [5.41, 5.74) is 0. The van der Waals surface area contributed by atoms with Crippen molar-refractivity contribution in [3.05, 3.63) is 0 Å². The minimum Gasteiger partial charge on any atom is -0.353 e. The molecule has 0 N–H and O–H groups in total. The summed E-state index contributed by atoms with van der Waals surface area (Å²) in [4.78, 5) is 0. The summed E-state index contributed by atoms with van der Waals surface area (Å²) in [7, 11) is 0. The van der Waals surface area contributed by atoms with E-state index >= 15 is 0 Å². The molecule has 0 atom stereocenters. The molecule has 0 aromatic carbocycles. The van der Waals surface area contributed by atoms with Gasteiger partial charge in [-0.05, 0) is 12.8 Å². The number of nitrogens with zero attached hydrogens (tertiary/aromatic N) is 1. The predicted octanol–water partition coefficient (Wildman–Crippen LogP) is 5.61. The first-order valence-corrected chi connectivity index (χ1v) is 7.63. The van der Waals surface area contributed by atoms with Gasteiger partial charge in [-0.1, -0.05) is 0 Å². The molecule has 0 aliphatic heterocycles. The third kappa shape index (κ3) is 9.46. The monoisotopic (exact) mass is 421 g/mol. The quantitative estimate of drug-likeness (QED) is 0.234. The molecule has 160 valence electrons. The average molecular weight is 421 g/mol. The summed E-state index contributed by atoms with van der Waals surface area (Å²) < 4.78 is 132. The molecular weight excluding hydrogens is 404 g/mol. The molecule has 0 spiro atoms. The van der Waals surface area contributed by atoms with E-state index in [0.29, 0.717) is 0 Å². The van der Waals surface area contributed by atoms with Crippen LogP contribution in [0.15, 0.2) is 0 Å². The van der Waals surface area contributed by atoms with Crippen LogP contribution in [-0.2, 0) is 9.47 Å². The van der Waals surface area contributed by atoms with Gasteiger partial charge in [0, 0.05) is 38.9 Å². The largest absolute Gasteiger partial charge is 0.453 e. The summed E-state index contributed by atoms with van der Waals surface area (Å²) in [5.74, 6) is -9.83. The second kappa shape index (κ2) is 10.3. The van der Waals surface area contributed by atoms with E-state index in [1.165, 1.54) is 0 Å². The van der Waals surface area contributed by atoms with E-state index in [2.05, 4.69) is 0 Å². The van der Waals surface area contributed by atoms with Gasteiger partial charge in [0.25, 0.3) is 0 Å². The number of rotatable bonds is 12. The van der Waals surface area contributed by atoms with Gasteiger partial charge in [0.1, 0.15) is 0 Å². The zero-order valence-electron chi connectivity index (χ0n) is 13.8. The highest BCUT2D eigenvalue weighted by molar-refractivity contribution is 4.76. The molecule has 0 aromatic rings. The minimum absolute atomic E-state index is 0.165. The Balaban J connectivity index is 4.32. The van der Waals surface area contributed by atoms with Crippen molar-refractivity contribution in [2.45, 2.75) is 69.0 Å². The lowest BCUT2D eigenvalue weighted by molar-refractivity contribution is -0.286. The Hall–Kier alpha value is -1.29. The van der Waals surface area contributed by atoms with E-state index in [0.717, 1.165) is 0 Å². The normalized spacial score (nSPS) is 13.9. The molecule has 0 saturated carbocycles. The second-order valence-corrected chi connectivity index (χ2v) is 5.48. The van der Waals surface area contributed by atoms with E-state index in [4.69, 9.17) is 14.7 Å². The Morgan fingerprint density at radius 2 is 1.07 bits per heavy atom. The third-order valence-electron chi connectivity index (χ3n) is 3.20. The average Bonchev–Trinajstić information content (AvgIpc) is 2.49. The van der Waals surface area contributed by atoms with Gasteiger partial charge in [-0.2, -0.15) is 49.2 Å². The lowest BCUT2D eigenvalue weighted by Gasteiger charge is -2.22. The summed E-state index contributed by atoms with van der Waals surface area (Å²) in [6.07, 6.45) is -17.6. The van der Waals surface area contributed by atoms with Crippen molar-refractivity contribution in [3.8, 4) is 6.07 Å². The fourth-order valence-electron chi connectivity index (χ4n) is 1.70. The van der Waals surface area contributed by atoms with Crippen LogP contribution in [0.3, 0.4) is 0 Å². The molecule has 0 heterocycles. The van der Waals surface area contributed by atoms with Crippen LogP contribution in [0.25, 0.3) is 0 Å². The van der Waals surface area contributed by atoms with Gasteiger partial charge in [-0.15, -0.1) is 0 Å². The van der Waals surface area contributed by atoms with E-state index < -0.39 is 69.4 Å². The van der Waals surface area contributed by atoms with Crippen LogP contribution in [0.5, 0.6) is 0 Å². The van der Waals surface area contributed by atoms with E-state index in [1.54, 1.807) is 6.07 Å². The minimum atomic E-state index is -5.71. The highest BCUT2D eigenvalue weighted by Gasteiger charge is 2.57. The van der Waals surface area contributed by atoms with Crippen molar-refractivity contribution < 1.29 is 53.4 Å². The first-order valence-electron chi connectivity index (χ1n) is 7.63. The Morgan fingerprint density at radius 1 is 0.704 bits per heavy atom. The van der Waals surface area contributed by atoms with Crippen LogP contribution in [0.1, 0.15) is 38.5 Å². The molecule has 0 aliphatic carbocycles. The summed E-state index contributed by atoms with van der Waals surface area (Å²) >= 11 is 0. The predicted molar refractivity (Wildman–Crippen MR) is 71.0 cm³/mol. The first-order chi connectivity index (χ1) is 12.1. The fourth-order valence-corrected chi connectivity index (χ4v) is 1.70. The number of ether oxygens (including phenoxy) is 2. The highest BCUT2D eigenvalue weighted by atomic mass is 19.4. The van der Waals surface area contributed by atoms with Gasteiger partial charge in [-0.3, -0.25) is 0 Å². The van der Waals surface area contributed by atoms with Crippen molar-refractivity contribution in [2.24, 2.45) is 0 Å².